The maximum absolute atomic E-state index is 11.3. The largest absolute Gasteiger partial charge is 0.478 e. The predicted octanol–water partition coefficient (Wildman–Crippen LogP) is 1.28. The molecule has 1 aromatic carbocycles. The Bertz CT molecular complexity index is 483. The average Bonchev–Trinajstić information content (AvgIpc) is 2.58. The van der Waals surface area contributed by atoms with Crippen molar-refractivity contribution in [2.45, 2.75) is 12.5 Å². The van der Waals surface area contributed by atoms with Gasteiger partial charge in [0.05, 0.1) is 5.56 Å². The van der Waals surface area contributed by atoms with Gasteiger partial charge >= 0.3 is 5.97 Å². The summed E-state index contributed by atoms with van der Waals surface area (Å²) in [6, 6.07) is 5.73. The lowest BCUT2D eigenvalue weighted by Gasteiger charge is -2.07. The standard InChI is InChI=1S/C11H9NO4S/c13-9(14)7-3-1-6(2-4-7)5-8-10(15)17-11(16)12-8/h1-4,8H,5H2,(H,12,16)(H,13,14). The minimum atomic E-state index is -0.989. The van der Waals surface area contributed by atoms with Gasteiger partial charge in [-0.25, -0.2) is 4.79 Å². The van der Waals surface area contributed by atoms with Crippen LogP contribution in [0.2, 0.25) is 0 Å². The summed E-state index contributed by atoms with van der Waals surface area (Å²) in [5.41, 5.74) is 1.01. The summed E-state index contributed by atoms with van der Waals surface area (Å²) in [6.07, 6.45) is 0.386. The average molecular weight is 251 g/mol. The van der Waals surface area contributed by atoms with Crippen molar-refractivity contribution in [1.82, 2.24) is 5.32 Å². The highest BCUT2D eigenvalue weighted by Gasteiger charge is 2.31. The summed E-state index contributed by atoms with van der Waals surface area (Å²) in [4.78, 5) is 32.9. The zero-order valence-corrected chi connectivity index (χ0v) is 9.49. The smallest absolute Gasteiger partial charge is 0.335 e. The molecular formula is C11H9NO4S. The van der Waals surface area contributed by atoms with Gasteiger partial charge in [0.2, 0.25) is 5.12 Å². The predicted molar refractivity (Wildman–Crippen MR) is 62.0 cm³/mol. The number of aromatic carboxylic acids is 1. The van der Waals surface area contributed by atoms with Crippen molar-refractivity contribution >= 4 is 28.1 Å². The Morgan fingerprint density at radius 3 is 2.41 bits per heavy atom. The molecule has 1 atom stereocenters. The van der Waals surface area contributed by atoms with Crippen LogP contribution in [-0.4, -0.2) is 27.5 Å². The lowest BCUT2D eigenvalue weighted by molar-refractivity contribution is -0.112. The van der Waals surface area contributed by atoms with Crippen LogP contribution in [0.4, 0.5) is 4.79 Å². The Kier molecular flexibility index (Phi) is 3.14. The molecule has 1 amide bonds. The second-order valence-corrected chi connectivity index (χ2v) is 4.59. The van der Waals surface area contributed by atoms with Gasteiger partial charge in [-0.3, -0.25) is 9.59 Å². The van der Waals surface area contributed by atoms with Gasteiger partial charge in [0.25, 0.3) is 5.24 Å². The van der Waals surface area contributed by atoms with E-state index in [2.05, 4.69) is 5.32 Å². The molecule has 2 N–H and O–H groups in total. The Balaban J connectivity index is 2.07. The first-order chi connectivity index (χ1) is 8.06. The van der Waals surface area contributed by atoms with Crippen molar-refractivity contribution in [3.63, 3.8) is 0 Å². The fourth-order valence-corrected chi connectivity index (χ4v) is 2.22. The van der Waals surface area contributed by atoms with E-state index < -0.39 is 12.0 Å². The maximum atomic E-state index is 11.3. The quantitative estimate of drug-likeness (QED) is 0.845. The van der Waals surface area contributed by atoms with Gasteiger partial charge in [-0.2, -0.15) is 0 Å². The lowest BCUT2D eigenvalue weighted by Crippen LogP contribution is -2.30. The molecule has 0 aromatic heterocycles. The van der Waals surface area contributed by atoms with Crippen LogP contribution in [0.15, 0.2) is 24.3 Å². The van der Waals surface area contributed by atoms with Gasteiger partial charge in [0.1, 0.15) is 6.04 Å². The Labute approximate surface area is 101 Å². The number of carbonyl (C=O) groups excluding carboxylic acids is 2. The Hall–Kier alpha value is -1.82. The molecule has 1 aromatic rings. The molecule has 2 rings (SSSR count). The molecule has 1 aliphatic heterocycles. The summed E-state index contributed by atoms with van der Waals surface area (Å²) >= 11 is 0.673. The van der Waals surface area contributed by atoms with Gasteiger partial charge in [0.15, 0.2) is 0 Å². The number of hydrogen-bond donors (Lipinski definition) is 2. The third-order valence-corrected chi connectivity index (χ3v) is 3.20. The number of thioether (sulfide) groups is 1. The summed E-state index contributed by atoms with van der Waals surface area (Å²) in [5, 5.41) is 10.7. The number of carboxylic acids is 1. The SMILES string of the molecule is O=C1NC(Cc2ccc(C(=O)O)cc2)C(=O)S1. The van der Waals surface area contributed by atoms with Crippen LogP contribution in [0.3, 0.4) is 0 Å². The van der Waals surface area contributed by atoms with E-state index in [1.807, 2.05) is 0 Å². The third kappa shape index (κ3) is 2.65. The third-order valence-electron chi connectivity index (χ3n) is 2.41. The van der Waals surface area contributed by atoms with Crippen LogP contribution in [0, 0.1) is 0 Å². The molecule has 0 bridgehead atoms. The zero-order chi connectivity index (χ0) is 12.4. The maximum Gasteiger partial charge on any atom is 0.335 e. The fraction of sp³-hybridized carbons (Fsp3) is 0.182. The summed E-state index contributed by atoms with van der Waals surface area (Å²) in [7, 11) is 0. The van der Waals surface area contributed by atoms with Crippen molar-refractivity contribution < 1.29 is 19.5 Å². The number of hydrogen-bond acceptors (Lipinski definition) is 4. The van der Waals surface area contributed by atoms with E-state index in [0.29, 0.717) is 18.2 Å². The number of benzene rings is 1. The normalized spacial score (nSPS) is 19.2. The topological polar surface area (TPSA) is 83.5 Å². The van der Waals surface area contributed by atoms with Crippen LogP contribution in [0.25, 0.3) is 0 Å². The molecule has 1 heterocycles. The van der Waals surface area contributed by atoms with E-state index in [1.54, 1.807) is 12.1 Å². The zero-order valence-electron chi connectivity index (χ0n) is 8.67. The molecule has 0 spiro atoms. The van der Waals surface area contributed by atoms with Crippen molar-refractivity contribution in [1.29, 1.82) is 0 Å². The fourth-order valence-electron chi connectivity index (χ4n) is 1.55. The molecule has 0 radical (unpaired) electrons. The highest BCUT2D eigenvalue weighted by atomic mass is 32.2. The van der Waals surface area contributed by atoms with E-state index in [0.717, 1.165) is 5.56 Å². The second kappa shape index (κ2) is 4.58. The molecule has 1 saturated heterocycles. The molecule has 0 saturated carbocycles. The minimum Gasteiger partial charge on any atom is -0.478 e. The number of nitrogens with one attached hydrogen (secondary N) is 1. The number of rotatable bonds is 3. The first kappa shape index (κ1) is 11.7. The van der Waals surface area contributed by atoms with Crippen LogP contribution in [-0.2, 0) is 11.2 Å². The van der Waals surface area contributed by atoms with E-state index in [-0.39, 0.29) is 15.9 Å². The van der Waals surface area contributed by atoms with Crippen molar-refractivity contribution in [2.75, 3.05) is 0 Å². The molecule has 6 heteroatoms. The molecule has 1 aliphatic rings. The lowest BCUT2D eigenvalue weighted by atomic mass is 10.1. The highest BCUT2D eigenvalue weighted by molar-refractivity contribution is 8.26. The van der Waals surface area contributed by atoms with Gasteiger partial charge < -0.3 is 10.4 Å². The van der Waals surface area contributed by atoms with Crippen LogP contribution >= 0.6 is 11.8 Å². The molecule has 0 aliphatic carbocycles. The molecule has 17 heavy (non-hydrogen) atoms. The summed E-state index contributed by atoms with van der Waals surface area (Å²) in [6.45, 7) is 0. The van der Waals surface area contributed by atoms with Gasteiger partial charge in [0, 0.05) is 18.2 Å². The molecule has 1 unspecified atom stereocenters. The van der Waals surface area contributed by atoms with E-state index in [9.17, 15) is 14.4 Å². The van der Waals surface area contributed by atoms with E-state index >= 15 is 0 Å². The monoisotopic (exact) mass is 251 g/mol. The first-order valence-electron chi connectivity index (χ1n) is 4.90. The highest BCUT2D eigenvalue weighted by Crippen LogP contribution is 2.19. The number of carbonyl (C=O) groups is 3. The van der Waals surface area contributed by atoms with Crippen molar-refractivity contribution in [3.05, 3.63) is 35.4 Å². The number of amides is 1. The number of carboxylic acid groups (broad SMARTS) is 1. The second-order valence-electron chi connectivity index (χ2n) is 3.61. The van der Waals surface area contributed by atoms with Crippen molar-refractivity contribution in [2.24, 2.45) is 0 Å². The van der Waals surface area contributed by atoms with Gasteiger partial charge in [-0.05, 0) is 17.7 Å². The summed E-state index contributed by atoms with van der Waals surface area (Å²) in [5.74, 6) is -0.989. The van der Waals surface area contributed by atoms with E-state index in [1.165, 1.54) is 12.1 Å². The van der Waals surface area contributed by atoms with Gasteiger partial charge in [-0.1, -0.05) is 12.1 Å². The van der Waals surface area contributed by atoms with E-state index in [4.69, 9.17) is 5.11 Å². The van der Waals surface area contributed by atoms with Crippen LogP contribution in [0.5, 0.6) is 0 Å². The van der Waals surface area contributed by atoms with Crippen molar-refractivity contribution in [3.8, 4) is 0 Å². The summed E-state index contributed by atoms with van der Waals surface area (Å²) < 4.78 is 0. The van der Waals surface area contributed by atoms with Gasteiger partial charge in [-0.15, -0.1) is 0 Å². The Morgan fingerprint density at radius 2 is 1.94 bits per heavy atom. The molecular weight excluding hydrogens is 242 g/mol. The minimum absolute atomic E-state index is 0.197. The molecule has 88 valence electrons. The molecule has 5 nitrogen and oxygen atoms in total. The molecule has 1 fully saturated rings. The van der Waals surface area contributed by atoms with Crippen LogP contribution < -0.4 is 5.32 Å². The first-order valence-corrected chi connectivity index (χ1v) is 5.72. The Morgan fingerprint density at radius 1 is 1.29 bits per heavy atom. The van der Waals surface area contributed by atoms with Crippen LogP contribution in [0.1, 0.15) is 15.9 Å².